The van der Waals surface area contributed by atoms with Gasteiger partial charge >= 0.3 is 5.97 Å². The SMILES string of the molecule is Cc1cncc(Cl)c1C(=O)NC1=C(N(C)c2ccc(C(=O)O)cc2F)C=CCC1C. The van der Waals surface area contributed by atoms with Crippen molar-refractivity contribution in [2.75, 3.05) is 11.9 Å². The fourth-order valence-corrected chi connectivity index (χ4v) is 3.66. The number of likely N-dealkylation sites (N-methyl/N-ethyl adjacent to an activating group) is 1. The number of pyridine rings is 1. The van der Waals surface area contributed by atoms with Crippen molar-refractivity contribution in [3.05, 3.63) is 81.7 Å². The van der Waals surface area contributed by atoms with Crippen molar-refractivity contribution in [2.45, 2.75) is 20.3 Å². The van der Waals surface area contributed by atoms with Gasteiger partial charge in [-0.1, -0.05) is 24.6 Å². The quantitative estimate of drug-likeness (QED) is 0.728. The van der Waals surface area contributed by atoms with E-state index in [2.05, 4.69) is 10.3 Å². The molecule has 1 unspecified atom stereocenters. The highest BCUT2D eigenvalue weighted by molar-refractivity contribution is 6.34. The average Bonchev–Trinajstić information content (AvgIpc) is 2.68. The van der Waals surface area contributed by atoms with Crippen molar-refractivity contribution >= 4 is 29.2 Å². The first kappa shape index (κ1) is 21.5. The molecule has 0 saturated carbocycles. The molecule has 1 heterocycles. The summed E-state index contributed by atoms with van der Waals surface area (Å²) in [5.41, 5.74) is 2.26. The number of anilines is 1. The molecule has 8 heteroatoms. The number of carbonyl (C=O) groups excluding carboxylic acids is 1. The standard InChI is InChI=1S/C22H21ClFN3O3/c1-12-5-4-6-18(27(3)17-8-7-14(22(29)30)9-16(17)24)20(12)26-21(28)19-13(2)10-25-11-15(19)23/h4,6-12H,5H2,1-3H3,(H,26,28)(H,29,30). The molecule has 2 N–H and O–H groups in total. The van der Waals surface area contributed by atoms with Gasteiger partial charge in [0.1, 0.15) is 5.82 Å². The summed E-state index contributed by atoms with van der Waals surface area (Å²) in [5.74, 6) is -2.27. The molecule has 0 aliphatic heterocycles. The number of carbonyl (C=O) groups is 2. The van der Waals surface area contributed by atoms with Gasteiger partial charge in [-0.15, -0.1) is 0 Å². The summed E-state index contributed by atoms with van der Waals surface area (Å²) in [7, 11) is 1.66. The number of hydrogen-bond donors (Lipinski definition) is 2. The van der Waals surface area contributed by atoms with Crippen LogP contribution in [0.5, 0.6) is 0 Å². The molecule has 0 spiro atoms. The lowest BCUT2D eigenvalue weighted by molar-refractivity contribution is 0.0696. The van der Waals surface area contributed by atoms with Gasteiger partial charge in [-0.25, -0.2) is 9.18 Å². The third-order valence-electron chi connectivity index (χ3n) is 5.02. The second kappa shape index (κ2) is 8.67. The lowest BCUT2D eigenvalue weighted by Gasteiger charge is -2.30. The maximum absolute atomic E-state index is 14.6. The molecular weight excluding hydrogens is 409 g/mol. The molecule has 156 valence electrons. The van der Waals surface area contributed by atoms with Crippen molar-refractivity contribution in [1.29, 1.82) is 0 Å². The number of hydrogen-bond acceptors (Lipinski definition) is 4. The number of aromatic carboxylic acids is 1. The Balaban J connectivity index is 2.00. The number of carboxylic acids is 1. The Kier molecular flexibility index (Phi) is 6.22. The van der Waals surface area contributed by atoms with Crippen molar-refractivity contribution < 1.29 is 19.1 Å². The molecule has 1 aromatic carbocycles. The first-order valence-electron chi connectivity index (χ1n) is 9.29. The van der Waals surface area contributed by atoms with E-state index >= 15 is 0 Å². The minimum Gasteiger partial charge on any atom is -0.478 e. The topological polar surface area (TPSA) is 82.5 Å². The predicted octanol–water partition coefficient (Wildman–Crippen LogP) is 4.55. The fraction of sp³-hybridized carbons (Fsp3) is 0.227. The van der Waals surface area contributed by atoms with E-state index in [4.69, 9.17) is 16.7 Å². The average molecular weight is 430 g/mol. The normalized spacial score (nSPS) is 15.8. The summed E-state index contributed by atoms with van der Waals surface area (Å²) in [5, 5.41) is 12.2. The Hall–Kier alpha value is -3.19. The van der Waals surface area contributed by atoms with Crippen LogP contribution in [-0.2, 0) is 0 Å². The van der Waals surface area contributed by atoms with Crippen LogP contribution in [0.2, 0.25) is 5.02 Å². The van der Waals surface area contributed by atoms with Crippen LogP contribution in [0.25, 0.3) is 0 Å². The van der Waals surface area contributed by atoms with Gasteiger partial charge in [0.05, 0.1) is 27.5 Å². The van der Waals surface area contributed by atoms with Crippen molar-refractivity contribution in [2.24, 2.45) is 5.92 Å². The minimum atomic E-state index is -1.20. The molecule has 1 aromatic heterocycles. The van der Waals surface area contributed by atoms with Crippen molar-refractivity contribution in [1.82, 2.24) is 10.3 Å². The van der Waals surface area contributed by atoms with Gasteiger partial charge in [0.15, 0.2) is 0 Å². The van der Waals surface area contributed by atoms with E-state index in [1.165, 1.54) is 18.3 Å². The Morgan fingerprint density at radius 3 is 2.70 bits per heavy atom. The molecule has 3 rings (SSSR count). The van der Waals surface area contributed by atoms with E-state index in [9.17, 15) is 14.0 Å². The van der Waals surface area contributed by atoms with E-state index in [1.807, 2.05) is 13.0 Å². The van der Waals surface area contributed by atoms with Crippen LogP contribution in [0, 0.1) is 18.7 Å². The van der Waals surface area contributed by atoms with Crippen LogP contribution >= 0.6 is 11.6 Å². The molecule has 1 amide bonds. The second-order valence-corrected chi connectivity index (χ2v) is 7.54. The van der Waals surface area contributed by atoms with Gasteiger partial charge < -0.3 is 15.3 Å². The summed E-state index contributed by atoms with van der Waals surface area (Å²) in [4.78, 5) is 29.6. The number of allylic oxidation sites excluding steroid dienone is 3. The largest absolute Gasteiger partial charge is 0.478 e. The first-order chi connectivity index (χ1) is 14.2. The maximum Gasteiger partial charge on any atom is 0.335 e. The third kappa shape index (κ3) is 4.21. The lowest BCUT2D eigenvalue weighted by Crippen LogP contribution is -2.33. The monoisotopic (exact) mass is 429 g/mol. The van der Waals surface area contributed by atoms with E-state index in [1.54, 1.807) is 31.1 Å². The van der Waals surface area contributed by atoms with Crippen LogP contribution < -0.4 is 10.2 Å². The van der Waals surface area contributed by atoms with E-state index in [0.29, 0.717) is 28.9 Å². The van der Waals surface area contributed by atoms with Gasteiger partial charge in [-0.2, -0.15) is 0 Å². The zero-order valence-electron chi connectivity index (χ0n) is 16.7. The molecular formula is C22H21ClFN3O3. The van der Waals surface area contributed by atoms with E-state index in [0.717, 1.165) is 6.07 Å². The Labute approximate surface area is 178 Å². The second-order valence-electron chi connectivity index (χ2n) is 7.14. The molecule has 2 aromatic rings. The summed E-state index contributed by atoms with van der Waals surface area (Å²) >= 11 is 6.17. The van der Waals surface area contributed by atoms with Crippen LogP contribution in [0.4, 0.5) is 10.1 Å². The number of halogens is 2. The lowest BCUT2D eigenvalue weighted by atomic mass is 9.95. The summed E-state index contributed by atoms with van der Waals surface area (Å²) in [6.07, 6.45) is 7.43. The molecule has 1 aliphatic rings. The molecule has 1 aliphatic carbocycles. The fourth-order valence-electron chi connectivity index (χ4n) is 3.37. The maximum atomic E-state index is 14.6. The minimum absolute atomic E-state index is 0.0290. The molecule has 0 radical (unpaired) electrons. The highest BCUT2D eigenvalue weighted by Gasteiger charge is 2.25. The van der Waals surface area contributed by atoms with Crippen LogP contribution in [0.15, 0.2) is 54.1 Å². The zero-order chi connectivity index (χ0) is 22.0. The van der Waals surface area contributed by atoms with Crippen LogP contribution in [0.3, 0.4) is 0 Å². The first-order valence-corrected chi connectivity index (χ1v) is 9.67. The smallest absolute Gasteiger partial charge is 0.335 e. The number of nitrogens with zero attached hydrogens (tertiary/aromatic N) is 2. The summed E-state index contributed by atoms with van der Waals surface area (Å²) < 4.78 is 14.6. The van der Waals surface area contributed by atoms with Gasteiger partial charge in [0.25, 0.3) is 5.91 Å². The van der Waals surface area contributed by atoms with Crippen molar-refractivity contribution in [3.8, 4) is 0 Å². The van der Waals surface area contributed by atoms with Crippen LogP contribution in [-0.4, -0.2) is 29.0 Å². The molecule has 0 fully saturated rings. The number of aromatic nitrogens is 1. The highest BCUT2D eigenvalue weighted by Crippen LogP contribution is 2.31. The molecule has 6 nitrogen and oxygen atoms in total. The van der Waals surface area contributed by atoms with Gasteiger partial charge in [0.2, 0.25) is 0 Å². The number of carboxylic acid groups (broad SMARTS) is 1. The number of rotatable bonds is 5. The number of nitrogens with one attached hydrogen (secondary N) is 1. The molecule has 0 bridgehead atoms. The predicted molar refractivity (Wildman–Crippen MR) is 113 cm³/mol. The van der Waals surface area contributed by atoms with E-state index < -0.39 is 11.8 Å². The zero-order valence-corrected chi connectivity index (χ0v) is 17.5. The summed E-state index contributed by atoms with van der Waals surface area (Å²) in [6.45, 7) is 3.71. The van der Waals surface area contributed by atoms with Gasteiger partial charge in [-0.05, 0) is 43.2 Å². The van der Waals surface area contributed by atoms with Gasteiger partial charge in [0, 0.05) is 31.1 Å². The summed E-state index contributed by atoms with van der Waals surface area (Å²) in [6, 6.07) is 3.72. The number of amides is 1. The van der Waals surface area contributed by atoms with Gasteiger partial charge in [-0.3, -0.25) is 9.78 Å². The number of aryl methyl sites for hydroxylation is 1. The molecule has 30 heavy (non-hydrogen) atoms. The van der Waals surface area contributed by atoms with Crippen molar-refractivity contribution in [3.63, 3.8) is 0 Å². The van der Waals surface area contributed by atoms with Crippen LogP contribution in [0.1, 0.15) is 39.6 Å². The molecule has 0 saturated heterocycles. The Morgan fingerprint density at radius 1 is 1.33 bits per heavy atom. The third-order valence-corrected chi connectivity index (χ3v) is 5.30. The molecule has 1 atom stereocenters. The van der Waals surface area contributed by atoms with E-state index in [-0.39, 0.29) is 28.1 Å². The highest BCUT2D eigenvalue weighted by atomic mass is 35.5. The Morgan fingerprint density at radius 2 is 2.07 bits per heavy atom. The Bertz CT molecular complexity index is 1060. The number of benzene rings is 1.